The summed E-state index contributed by atoms with van der Waals surface area (Å²) < 4.78 is 10.7. The molecule has 1 fully saturated rings. The number of halogens is 2. The summed E-state index contributed by atoms with van der Waals surface area (Å²) in [7, 11) is 1.57. The van der Waals surface area contributed by atoms with Crippen LogP contribution in [0.1, 0.15) is 35.8 Å². The summed E-state index contributed by atoms with van der Waals surface area (Å²) in [6.45, 7) is 9.68. The number of hydrogen-bond donors (Lipinski definition) is 1. The fraction of sp³-hybridized carbons (Fsp3) is 0.367. The van der Waals surface area contributed by atoms with Gasteiger partial charge in [0, 0.05) is 60.1 Å². The number of piperazine rings is 1. The molecule has 2 atom stereocenters. The number of carbonyl (C=O) groups excluding carboxylic acids is 3. The Morgan fingerprint density at radius 2 is 1.95 bits per heavy atom. The molecule has 2 unspecified atom stereocenters. The lowest BCUT2D eigenvalue weighted by Crippen LogP contribution is -2.56. The first-order valence-electron chi connectivity index (χ1n) is 13.4. The first-order valence-corrected chi connectivity index (χ1v) is 14.1. The Bertz CT molecular complexity index is 1360. The van der Waals surface area contributed by atoms with Crippen molar-refractivity contribution in [2.45, 2.75) is 25.9 Å². The quantitative estimate of drug-likeness (QED) is 0.324. The monoisotopic (exact) mass is 600 g/mol. The van der Waals surface area contributed by atoms with Crippen LogP contribution < -0.4 is 10.1 Å². The maximum Gasteiger partial charge on any atom is 0.338 e. The van der Waals surface area contributed by atoms with E-state index >= 15 is 0 Å². The molecule has 4 rings (SSSR count). The predicted molar refractivity (Wildman–Crippen MR) is 158 cm³/mol. The summed E-state index contributed by atoms with van der Waals surface area (Å²) in [5, 5.41) is 3.67. The third-order valence-electron chi connectivity index (χ3n) is 7.18. The van der Waals surface area contributed by atoms with Gasteiger partial charge < -0.3 is 19.7 Å². The standard InChI is InChI=1S/C30H34Cl2N4O5/c1-5-12-36-25(18-34-13-14-35(19(3)17-34)28(37)20-8-7-9-22(15-20)40-4)26(29(38)41-6-2)27(33-30(36)39)23-11-10-21(31)16-24(23)32/h5,7-11,15-16,19,27H,1,6,12-14,17-18H2,2-4H3,(H,33,39). The Kier molecular flexibility index (Phi) is 9.96. The van der Waals surface area contributed by atoms with E-state index in [0.29, 0.717) is 57.8 Å². The molecule has 9 nitrogen and oxygen atoms in total. The average Bonchev–Trinajstić information content (AvgIpc) is 2.94. The Labute approximate surface area is 250 Å². The first-order chi connectivity index (χ1) is 19.7. The zero-order valence-electron chi connectivity index (χ0n) is 23.4. The van der Waals surface area contributed by atoms with Crippen LogP contribution in [0.3, 0.4) is 0 Å². The number of rotatable bonds is 9. The van der Waals surface area contributed by atoms with Gasteiger partial charge in [-0.2, -0.15) is 0 Å². The smallest absolute Gasteiger partial charge is 0.338 e. The topological polar surface area (TPSA) is 91.4 Å². The average molecular weight is 602 g/mol. The number of esters is 1. The number of urea groups is 1. The molecule has 1 saturated heterocycles. The van der Waals surface area contributed by atoms with Crippen LogP contribution in [0, 0.1) is 0 Å². The SMILES string of the molecule is C=CCN1C(=O)NC(c2ccc(Cl)cc2Cl)C(C(=O)OCC)=C1CN1CCN(C(=O)c2cccc(OC)c2)C(C)C1. The van der Waals surface area contributed by atoms with Crippen LogP contribution in [-0.4, -0.2) is 85.1 Å². The molecule has 1 N–H and O–H groups in total. The van der Waals surface area contributed by atoms with Crippen LogP contribution in [0.25, 0.3) is 0 Å². The van der Waals surface area contributed by atoms with E-state index in [-0.39, 0.29) is 37.7 Å². The van der Waals surface area contributed by atoms with E-state index in [1.165, 1.54) is 4.90 Å². The van der Waals surface area contributed by atoms with Crippen molar-refractivity contribution >= 4 is 41.1 Å². The Hall–Kier alpha value is -3.53. The molecule has 0 spiro atoms. The van der Waals surface area contributed by atoms with Gasteiger partial charge in [-0.15, -0.1) is 6.58 Å². The number of hydrogen-bond acceptors (Lipinski definition) is 6. The number of amides is 3. The van der Waals surface area contributed by atoms with Gasteiger partial charge in [-0.1, -0.05) is 41.4 Å². The van der Waals surface area contributed by atoms with Gasteiger partial charge in [0.05, 0.1) is 25.3 Å². The normalized spacial score (nSPS) is 19.6. The second kappa shape index (κ2) is 13.4. The molecule has 3 amide bonds. The zero-order valence-corrected chi connectivity index (χ0v) is 24.9. The van der Waals surface area contributed by atoms with Crippen molar-refractivity contribution < 1.29 is 23.9 Å². The Morgan fingerprint density at radius 1 is 1.17 bits per heavy atom. The van der Waals surface area contributed by atoms with Crippen LogP contribution in [0.4, 0.5) is 4.79 Å². The number of carbonyl (C=O) groups is 3. The lowest BCUT2D eigenvalue weighted by atomic mass is 9.93. The van der Waals surface area contributed by atoms with Gasteiger partial charge in [0.1, 0.15) is 5.75 Å². The van der Waals surface area contributed by atoms with Crippen molar-refractivity contribution in [3.63, 3.8) is 0 Å². The molecular weight excluding hydrogens is 567 g/mol. The van der Waals surface area contributed by atoms with Crippen molar-refractivity contribution in [3.8, 4) is 5.75 Å². The number of nitrogens with zero attached hydrogens (tertiary/aromatic N) is 3. The highest BCUT2D eigenvalue weighted by molar-refractivity contribution is 6.35. The van der Waals surface area contributed by atoms with Crippen molar-refractivity contribution in [2.24, 2.45) is 0 Å². The van der Waals surface area contributed by atoms with Crippen molar-refractivity contribution in [1.82, 2.24) is 20.0 Å². The molecule has 0 bridgehead atoms. The van der Waals surface area contributed by atoms with Crippen molar-refractivity contribution in [1.29, 1.82) is 0 Å². The third-order valence-corrected chi connectivity index (χ3v) is 7.74. The van der Waals surface area contributed by atoms with Crippen molar-refractivity contribution in [2.75, 3.05) is 46.4 Å². The predicted octanol–water partition coefficient (Wildman–Crippen LogP) is 4.92. The maximum atomic E-state index is 13.4. The van der Waals surface area contributed by atoms with E-state index in [9.17, 15) is 14.4 Å². The van der Waals surface area contributed by atoms with Gasteiger partial charge in [0.25, 0.3) is 5.91 Å². The number of methoxy groups -OCH3 is 1. The summed E-state index contributed by atoms with van der Waals surface area (Å²) >= 11 is 12.7. The van der Waals surface area contributed by atoms with Gasteiger partial charge in [-0.3, -0.25) is 14.6 Å². The molecule has 2 aliphatic heterocycles. The van der Waals surface area contributed by atoms with E-state index < -0.39 is 12.0 Å². The number of ether oxygens (including phenoxy) is 2. The summed E-state index contributed by atoms with van der Waals surface area (Å²) in [6, 6.07) is 10.7. The molecule has 2 heterocycles. The van der Waals surface area contributed by atoms with Crippen LogP contribution in [0.5, 0.6) is 5.75 Å². The van der Waals surface area contributed by atoms with Gasteiger partial charge in [0.15, 0.2) is 0 Å². The largest absolute Gasteiger partial charge is 0.497 e. The molecule has 0 aromatic heterocycles. The number of benzene rings is 2. The van der Waals surface area contributed by atoms with Crippen molar-refractivity contribution in [3.05, 3.63) is 87.6 Å². The van der Waals surface area contributed by atoms with E-state index in [2.05, 4.69) is 16.8 Å². The fourth-order valence-corrected chi connectivity index (χ4v) is 5.74. The van der Waals surface area contributed by atoms with Gasteiger partial charge in [-0.05, 0) is 49.7 Å². The number of nitrogens with one attached hydrogen (secondary N) is 1. The Balaban J connectivity index is 1.66. The van der Waals surface area contributed by atoms with E-state index in [4.69, 9.17) is 32.7 Å². The highest BCUT2D eigenvalue weighted by Gasteiger charge is 2.40. The highest BCUT2D eigenvalue weighted by atomic mass is 35.5. The molecule has 0 saturated carbocycles. The molecule has 218 valence electrons. The summed E-state index contributed by atoms with van der Waals surface area (Å²) in [5.41, 5.74) is 1.88. The van der Waals surface area contributed by atoms with E-state index in [0.717, 1.165) is 0 Å². The summed E-state index contributed by atoms with van der Waals surface area (Å²) in [6.07, 6.45) is 1.60. The lowest BCUT2D eigenvalue weighted by molar-refractivity contribution is -0.139. The molecular formula is C30H34Cl2N4O5. The first kappa shape index (κ1) is 30.4. The zero-order chi connectivity index (χ0) is 29.7. The van der Waals surface area contributed by atoms with Crippen LogP contribution in [-0.2, 0) is 9.53 Å². The summed E-state index contributed by atoms with van der Waals surface area (Å²) in [5.74, 6) is -0.00785. The lowest BCUT2D eigenvalue weighted by Gasteiger charge is -2.43. The minimum Gasteiger partial charge on any atom is -0.497 e. The van der Waals surface area contributed by atoms with Gasteiger partial charge in [-0.25, -0.2) is 9.59 Å². The summed E-state index contributed by atoms with van der Waals surface area (Å²) in [4.78, 5) is 45.6. The molecule has 0 aliphatic carbocycles. The van der Waals surface area contributed by atoms with E-state index in [1.807, 2.05) is 11.8 Å². The van der Waals surface area contributed by atoms with Crippen LogP contribution >= 0.6 is 23.2 Å². The van der Waals surface area contributed by atoms with Gasteiger partial charge >= 0.3 is 12.0 Å². The minimum atomic E-state index is -0.837. The van der Waals surface area contributed by atoms with E-state index in [1.54, 1.807) is 62.6 Å². The third kappa shape index (κ3) is 6.69. The second-order valence-electron chi connectivity index (χ2n) is 9.84. The molecule has 2 aliphatic rings. The maximum absolute atomic E-state index is 13.4. The highest BCUT2D eigenvalue weighted by Crippen LogP contribution is 2.36. The Morgan fingerprint density at radius 3 is 2.61 bits per heavy atom. The molecule has 11 heteroatoms. The molecule has 41 heavy (non-hydrogen) atoms. The second-order valence-corrected chi connectivity index (χ2v) is 10.7. The molecule has 2 aromatic rings. The minimum absolute atomic E-state index is 0.0785. The molecule has 2 aromatic carbocycles. The van der Waals surface area contributed by atoms with Crippen LogP contribution in [0.2, 0.25) is 10.0 Å². The van der Waals surface area contributed by atoms with Gasteiger partial charge in [0.2, 0.25) is 0 Å². The molecule has 0 radical (unpaired) electrons. The van der Waals surface area contributed by atoms with Crippen LogP contribution in [0.15, 0.2) is 66.4 Å². The fourth-order valence-electron chi connectivity index (χ4n) is 5.23.